The highest BCUT2D eigenvalue weighted by molar-refractivity contribution is 5.65. The Bertz CT molecular complexity index is 202. The van der Waals surface area contributed by atoms with Crippen molar-refractivity contribution < 1.29 is 14.0 Å². The van der Waals surface area contributed by atoms with Crippen LogP contribution in [0.1, 0.15) is 52.4 Å². The van der Waals surface area contributed by atoms with Crippen LogP contribution in [-0.2, 0) is 9.53 Å². The van der Waals surface area contributed by atoms with Gasteiger partial charge in [-0.05, 0) is 12.8 Å². The number of hydrogen-bond acceptors (Lipinski definition) is 2. The Morgan fingerprint density at radius 3 is 2.18 bits per heavy atom. The molecule has 0 atom stereocenters. The van der Waals surface area contributed by atoms with E-state index in [2.05, 4.69) is 21.0 Å². The van der Waals surface area contributed by atoms with Gasteiger partial charge < -0.3 is 9.22 Å². The molecule has 17 heavy (non-hydrogen) atoms. The van der Waals surface area contributed by atoms with Crippen LogP contribution >= 0.6 is 0 Å². The molecular formula is C14H30NO2+. The Kier molecular flexibility index (Phi) is 9.14. The topological polar surface area (TPSA) is 26.3 Å². The van der Waals surface area contributed by atoms with E-state index in [9.17, 15) is 4.79 Å². The second-order valence-electron chi connectivity index (χ2n) is 5.49. The van der Waals surface area contributed by atoms with Crippen LogP contribution in [0.4, 0.5) is 0 Å². The van der Waals surface area contributed by atoms with Gasteiger partial charge in [0.2, 0.25) is 0 Å². The molecule has 0 rings (SSSR count). The number of carbonyl (C=O) groups excluding carboxylic acids is 1. The van der Waals surface area contributed by atoms with Gasteiger partial charge in [-0.25, -0.2) is 0 Å². The van der Waals surface area contributed by atoms with Crippen molar-refractivity contribution in [3.8, 4) is 0 Å². The molecule has 0 aromatic rings. The second kappa shape index (κ2) is 9.46. The number of unbranched alkanes of at least 4 members (excludes halogenated alkanes) is 5. The molecule has 0 aliphatic rings. The van der Waals surface area contributed by atoms with Crippen LogP contribution in [0.3, 0.4) is 0 Å². The summed E-state index contributed by atoms with van der Waals surface area (Å²) < 4.78 is 5.93. The standard InChI is InChI=1S/C14H30NO2/c1-5-6-7-8-9-10-11-15(3,4)12-13-17-14(2)16/h5-13H2,1-4H3/q+1. The highest BCUT2D eigenvalue weighted by atomic mass is 16.5. The molecule has 0 amide bonds. The van der Waals surface area contributed by atoms with E-state index in [1.807, 2.05) is 0 Å². The zero-order valence-electron chi connectivity index (χ0n) is 12.1. The number of esters is 1. The third-order valence-corrected chi connectivity index (χ3v) is 3.12. The molecule has 0 aromatic carbocycles. The van der Waals surface area contributed by atoms with Crippen LogP contribution in [-0.4, -0.2) is 44.2 Å². The fourth-order valence-electron chi connectivity index (χ4n) is 1.87. The predicted molar refractivity (Wildman–Crippen MR) is 71.9 cm³/mol. The van der Waals surface area contributed by atoms with Crippen molar-refractivity contribution in [2.45, 2.75) is 52.4 Å². The average Bonchev–Trinajstić information content (AvgIpc) is 2.22. The fraction of sp³-hybridized carbons (Fsp3) is 0.929. The summed E-state index contributed by atoms with van der Waals surface area (Å²) in [6.07, 6.45) is 8.01. The van der Waals surface area contributed by atoms with Gasteiger partial charge in [0.05, 0.1) is 20.6 Å². The van der Waals surface area contributed by atoms with Gasteiger partial charge in [0.1, 0.15) is 13.2 Å². The number of carbonyl (C=O) groups is 1. The summed E-state index contributed by atoms with van der Waals surface area (Å²) in [5, 5.41) is 0. The Hall–Kier alpha value is -0.570. The normalized spacial score (nSPS) is 11.5. The van der Waals surface area contributed by atoms with Gasteiger partial charge in [-0.2, -0.15) is 0 Å². The van der Waals surface area contributed by atoms with E-state index in [4.69, 9.17) is 4.74 Å². The third-order valence-electron chi connectivity index (χ3n) is 3.12. The molecule has 0 aromatic heterocycles. The predicted octanol–water partition coefficient (Wildman–Crippen LogP) is 2.99. The highest BCUT2D eigenvalue weighted by Gasteiger charge is 2.14. The van der Waals surface area contributed by atoms with Crippen LogP contribution in [0.15, 0.2) is 0 Å². The SMILES string of the molecule is CCCCCCCC[N+](C)(C)CCOC(C)=O. The highest BCUT2D eigenvalue weighted by Crippen LogP contribution is 2.08. The van der Waals surface area contributed by atoms with E-state index in [-0.39, 0.29) is 5.97 Å². The van der Waals surface area contributed by atoms with Crippen LogP contribution in [0.5, 0.6) is 0 Å². The van der Waals surface area contributed by atoms with E-state index >= 15 is 0 Å². The summed E-state index contributed by atoms with van der Waals surface area (Å²) in [4.78, 5) is 10.7. The number of hydrogen-bond donors (Lipinski definition) is 0. The van der Waals surface area contributed by atoms with E-state index in [0.29, 0.717) is 6.61 Å². The molecule has 0 bridgehead atoms. The Morgan fingerprint density at radius 2 is 1.59 bits per heavy atom. The van der Waals surface area contributed by atoms with Crippen molar-refractivity contribution in [2.75, 3.05) is 33.8 Å². The van der Waals surface area contributed by atoms with E-state index in [0.717, 1.165) is 11.0 Å². The fourth-order valence-corrected chi connectivity index (χ4v) is 1.87. The minimum Gasteiger partial charge on any atom is -0.460 e. The van der Waals surface area contributed by atoms with Crippen molar-refractivity contribution >= 4 is 5.97 Å². The molecule has 0 fully saturated rings. The van der Waals surface area contributed by atoms with Gasteiger partial charge in [-0.1, -0.05) is 32.6 Å². The zero-order chi connectivity index (χ0) is 13.1. The summed E-state index contributed by atoms with van der Waals surface area (Å²) in [6.45, 7) is 6.34. The number of rotatable bonds is 10. The molecule has 0 saturated heterocycles. The smallest absolute Gasteiger partial charge is 0.302 e. The number of likely N-dealkylation sites (N-methyl/N-ethyl adjacent to an activating group) is 1. The lowest BCUT2D eigenvalue weighted by Crippen LogP contribution is -2.43. The quantitative estimate of drug-likeness (QED) is 0.335. The molecule has 0 radical (unpaired) electrons. The van der Waals surface area contributed by atoms with Crippen LogP contribution in [0, 0.1) is 0 Å². The summed E-state index contributed by atoms with van der Waals surface area (Å²) in [6, 6.07) is 0. The Balaban J connectivity index is 3.46. The van der Waals surface area contributed by atoms with Gasteiger partial charge in [0.15, 0.2) is 0 Å². The van der Waals surface area contributed by atoms with Crippen LogP contribution in [0.2, 0.25) is 0 Å². The molecule has 0 N–H and O–H groups in total. The summed E-state index contributed by atoms with van der Waals surface area (Å²) in [5.41, 5.74) is 0. The molecule has 0 unspecified atom stereocenters. The molecular weight excluding hydrogens is 214 g/mol. The first-order valence-corrected chi connectivity index (χ1v) is 6.93. The van der Waals surface area contributed by atoms with Gasteiger partial charge >= 0.3 is 5.97 Å². The first kappa shape index (κ1) is 16.4. The lowest BCUT2D eigenvalue weighted by atomic mass is 10.1. The molecule has 0 aliphatic heterocycles. The molecule has 102 valence electrons. The van der Waals surface area contributed by atoms with Gasteiger partial charge in [0.25, 0.3) is 0 Å². The summed E-state index contributed by atoms with van der Waals surface area (Å²) >= 11 is 0. The first-order valence-electron chi connectivity index (χ1n) is 6.93. The van der Waals surface area contributed by atoms with Gasteiger partial charge in [-0.15, -0.1) is 0 Å². The Labute approximate surface area is 107 Å². The molecule has 0 saturated carbocycles. The summed E-state index contributed by atoms with van der Waals surface area (Å²) in [5.74, 6) is -0.176. The maximum atomic E-state index is 10.7. The second-order valence-corrected chi connectivity index (χ2v) is 5.49. The first-order chi connectivity index (χ1) is 7.98. The summed E-state index contributed by atoms with van der Waals surface area (Å²) in [7, 11) is 4.41. The minimum atomic E-state index is -0.176. The zero-order valence-corrected chi connectivity index (χ0v) is 12.1. The Morgan fingerprint density at radius 1 is 1.00 bits per heavy atom. The average molecular weight is 244 g/mol. The van der Waals surface area contributed by atoms with Crippen molar-refractivity contribution in [1.82, 2.24) is 0 Å². The van der Waals surface area contributed by atoms with Gasteiger partial charge in [0, 0.05) is 6.92 Å². The van der Waals surface area contributed by atoms with Gasteiger partial charge in [-0.3, -0.25) is 4.79 Å². The van der Waals surface area contributed by atoms with E-state index in [1.165, 1.54) is 52.0 Å². The molecule has 0 heterocycles. The van der Waals surface area contributed by atoms with Crippen molar-refractivity contribution in [3.05, 3.63) is 0 Å². The van der Waals surface area contributed by atoms with E-state index in [1.54, 1.807) is 0 Å². The van der Waals surface area contributed by atoms with Crippen LogP contribution < -0.4 is 0 Å². The number of nitrogens with zero attached hydrogens (tertiary/aromatic N) is 1. The number of quaternary nitrogens is 1. The van der Waals surface area contributed by atoms with Crippen LogP contribution in [0.25, 0.3) is 0 Å². The number of ether oxygens (including phenoxy) is 1. The molecule has 0 spiro atoms. The third kappa shape index (κ3) is 11.7. The van der Waals surface area contributed by atoms with Crippen molar-refractivity contribution in [1.29, 1.82) is 0 Å². The minimum absolute atomic E-state index is 0.176. The lowest BCUT2D eigenvalue weighted by Gasteiger charge is -2.29. The van der Waals surface area contributed by atoms with Crippen molar-refractivity contribution in [2.24, 2.45) is 0 Å². The molecule has 3 heteroatoms. The molecule has 3 nitrogen and oxygen atoms in total. The monoisotopic (exact) mass is 244 g/mol. The van der Waals surface area contributed by atoms with Crippen molar-refractivity contribution in [3.63, 3.8) is 0 Å². The van der Waals surface area contributed by atoms with E-state index < -0.39 is 0 Å². The largest absolute Gasteiger partial charge is 0.460 e. The maximum Gasteiger partial charge on any atom is 0.302 e. The maximum absolute atomic E-state index is 10.7. The molecule has 0 aliphatic carbocycles. The lowest BCUT2D eigenvalue weighted by molar-refractivity contribution is -0.890.